The number of amides is 1. The van der Waals surface area contributed by atoms with Crippen molar-refractivity contribution >= 4 is 23.6 Å². The van der Waals surface area contributed by atoms with Crippen LogP contribution in [0.4, 0.5) is 11.6 Å². The highest BCUT2D eigenvalue weighted by Gasteiger charge is 2.26. The summed E-state index contributed by atoms with van der Waals surface area (Å²) >= 11 is 0. The summed E-state index contributed by atoms with van der Waals surface area (Å²) in [6.07, 6.45) is 10.4. The first kappa shape index (κ1) is 21.7. The van der Waals surface area contributed by atoms with Crippen molar-refractivity contribution in [2.45, 2.75) is 39.5 Å². The van der Waals surface area contributed by atoms with Gasteiger partial charge in [0.15, 0.2) is 5.82 Å². The minimum atomic E-state index is 0.0349. The molecule has 0 radical (unpaired) electrons. The average molecular weight is 432 g/mol. The maximum Gasteiger partial charge on any atom is 0.246 e. The number of aryl methyl sites for hydroxylation is 3. The van der Waals surface area contributed by atoms with Gasteiger partial charge in [-0.05, 0) is 51.3 Å². The van der Waals surface area contributed by atoms with Gasteiger partial charge in [0.2, 0.25) is 5.91 Å². The molecule has 0 saturated carbocycles. The molecule has 8 heteroatoms. The van der Waals surface area contributed by atoms with Crippen LogP contribution in [0.15, 0.2) is 36.8 Å². The predicted octanol–water partition coefficient (Wildman–Crippen LogP) is 3.69. The summed E-state index contributed by atoms with van der Waals surface area (Å²) in [5.41, 5.74) is 4.97. The number of pyridine rings is 1. The van der Waals surface area contributed by atoms with Gasteiger partial charge in [-0.3, -0.25) is 14.5 Å². The molecule has 0 spiro atoms. The SMILES string of the molecule is Cc1cccnc1Nc1nccnc1C1CCN(C(=O)C=Cc2c(C)nn(C)c2C)CC1. The standard InChI is InChI=1S/C24H29N7O/c1-16-6-5-11-26-23(16)28-24-22(25-12-13-27-24)19-9-14-31(15-10-19)21(32)8-7-20-17(2)29-30(4)18(20)3/h5-8,11-13,19H,9-10,14-15H2,1-4H3,(H,26,27,28). The quantitative estimate of drug-likeness (QED) is 0.620. The summed E-state index contributed by atoms with van der Waals surface area (Å²) < 4.78 is 1.84. The molecule has 1 aliphatic rings. The second-order valence-corrected chi connectivity index (χ2v) is 8.23. The zero-order chi connectivity index (χ0) is 22.7. The number of piperidine rings is 1. The third-order valence-electron chi connectivity index (χ3n) is 6.12. The highest BCUT2D eigenvalue weighted by Crippen LogP contribution is 2.31. The van der Waals surface area contributed by atoms with Crippen molar-refractivity contribution in [3.63, 3.8) is 0 Å². The van der Waals surface area contributed by atoms with Gasteiger partial charge < -0.3 is 10.2 Å². The van der Waals surface area contributed by atoms with Crippen LogP contribution in [0.2, 0.25) is 0 Å². The lowest BCUT2D eigenvalue weighted by molar-refractivity contribution is -0.126. The summed E-state index contributed by atoms with van der Waals surface area (Å²) in [6, 6.07) is 3.92. The number of anilines is 2. The van der Waals surface area contributed by atoms with Gasteiger partial charge in [0.25, 0.3) is 0 Å². The van der Waals surface area contributed by atoms with Crippen LogP contribution in [0.3, 0.4) is 0 Å². The molecule has 1 amide bonds. The van der Waals surface area contributed by atoms with E-state index in [0.29, 0.717) is 13.1 Å². The number of nitrogens with one attached hydrogen (secondary N) is 1. The van der Waals surface area contributed by atoms with Gasteiger partial charge in [0.05, 0.1) is 11.4 Å². The Morgan fingerprint density at radius 1 is 1.06 bits per heavy atom. The Balaban J connectivity index is 1.41. The zero-order valence-corrected chi connectivity index (χ0v) is 19.0. The van der Waals surface area contributed by atoms with Crippen molar-refractivity contribution in [1.82, 2.24) is 29.6 Å². The monoisotopic (exact) mass is 431 g/mol. The summed E-state index contributed by atoms with van der Waals surface area (Å²) in [5, 5.41) is 7.74. The van der Waals surface area contributed by atoms with Crippen LogP contribution in [0.5, 0.6) is 0 Å². The number of carbonyl (C=O) groups excluding carboxylic acids is 1. The number of aromatic nitrogens is 5. The summed E-state index contributed by atoms with van der Waals surface area (Å²) in [7, 11) is 1.91. The van der Waals surface area contributed by atoms with E-state index in [-0.39, 0.29) is 11.8 Å². The fourth-order valence-electron chi connectivity index (χ4n) is 4.14. The number of hydrogen-bond donors (Lipinski definition) is 1. The van der Waals surface area contributed by atoms with Crippen molar-refractivity contribution in [3.05, 3.63) is 65.0 Å². The lowest BCUT2D eigenvalue weighted by Gasteiger charge is -2.31. The second-order valence-electron chi connectivity index (χ2n) is 8.23. The Labute approximate surface area is 188 Å². The van der Waals surface area contributed by atoms with E-state index in [4.69, 9.17) is 0 Å². The maximum atomic E-state index is 12.8. The van der Waals surface area contributed by atoms with Crippen LogP contribution < -0.4 is 5.32 Å². The van der Waals surface area contributed by atoms with E-state index < -0.39 is 0 Å². The molecule has 1 fully saturated rings. The number of rotatable bonds is 5. The van der Waals surface area contributed by atoms with E-state index in [1.807, 2.05) is 55.6 Å². The fraction of sp³-hybridized carbons (Fsp3) is 0.375. The minimum Gasteiger partial charge on any atom is -0.339 e. The summed E-state index contributed by atoms with van der Waals surface area (Å²) in [5.74, 6) is 1.80. The number of carbonyl (C=O) groups is 1. The molecule has 0 aromatic carbocycles. The molecule has 0 bridgehead atoms. The van der Waals surface area contributed by atoms with E-state index in [2.05, 4.69) is 25.4 Å². The molecule has 166 valence electrons. The van der Waals surface area contributed by atoms with Crippen molar-refractivity contribution in [1.29, 1.82) is 0 Å². The van der Waals surface area contributed by atoms with Gasteiger partial charge in [0, 0.05) is 62.0 Å². The summed E-state index contributed by atoms with van der Waals surface area (Å²) in [4.78, 5) is 28.2. The molecular formula is C24H29N7O. The Morgan fingerprint density at radius 2 is 1.78 bits per heavy atom. The molecule has 4 heterocycles. The van der Waals surface area contributed by atoms with Crippen LogP contribution in [0.25, 0.3) is 6.08 Å². The van der Waals surface area contributed by atoms with Crippen LogP contribution in [0.1, 0.15) is 47.0 Å². The van der Waals surface area contributed by atoms with Gasteiger partial charge in [-0.2, -0.15) is 5.10 Å². The molecule has 3 aromatic rings. The van der Waals surface area contributed by atoms with Gasteiger partial charge in [-0.25, -0.2) is 9.97 Å². The minimum absolute atomic E-state index is 0.0349. The van der Waals surface area contributed by atoms with E-state index in [9.17, 15) is 4.79 Å². The summed E-state index contributed by atoms with van der Waals surface area (Å²) in [6.45, 7) is 7.36. The smallest absolute Gasteiger partial charge is 0.246 e. The van der Waals surface area contributed by atoms with Gasteiger partial charge >= 0.3 is 0 Å². The van der Waals surface area contributed by atoms with E-state index in [1.165, 1.54) is 0 Å². The van der Waals surface area contributed by atoms with Crippen molar-refractivity contribution < 1.29 is 4.79 Å². The molecule has 1 aliphatic heterocycles. The first-order valence-electron chi connectivity index (χ1n) is 10.9. The molecule has 0 atom stereocenters. The highest BCUT2D eigenvalue weighted by atomic mass is 16.2. The van der Waals surface area contributed by atoms with Crippen LogP contribution >= 0.6 is 0 Å². The van der Waals surface area contributed by atoms with Crippen molar-refractivity contribution in [2.75, 3.05) is 18.4 Å². The van der Waals surface area contributed by atoms with Crippen LogP contribution in [0, 0.1) is 20.8 Å². The molecule has 3 aromatic heterocycles. The number of nitrogens with zero attached hydrogens (tertiary/aromatic N) is 6. The third-order valence-corrected chi connectivity index (χ3v) is 6.12. The number of likely N-dealkylation sites (tertiary alicyclic amines) is 1. The maximum absolute atomic E-state index is 12.8. The van der Waals surface area contributed by atoms with E-state index in [1.54, 1.807) is 24.7 Å². The number of hydrogen-bond acceptors (Lipinski definition) is 6. The van der Waals surface area contributed by atoms with E-state index >= 15 is 0 Å². The molecular weight excluding hydrogens is 402 g/mol. The van der Waals surface area contributed by atoms with Crippen LogP contribution in [-0.4, -0.2) is 48.6 Å². The zero-order valence-electron chi connectivity index (χ0n) is 19.0. The topological polar surface area (TPSA) is 88.8 Å². The highest BCUT2D eigenvalue weighted by molar-refractivity contribution is 5.92. The Morgan fingerprint density at radius 3 is 2.47 bits per heavy atom. The molecule has 0 aliphatic carbocycles. The molecule has 1 saturated heterocycles. The van der Waals surface area contributed by atoms with Crippen LogP contribution in [-0.2, 0) is 11.8 Å². The third kappa shape index (κ3) is 4.54. The molecule has 0 unspecified atom stereocenters. The van der Waals surface area contributed by atoms with Crippen molar-refractivity contribution in [2.24, 2.45) is 7.05 Å². The lowest BCUT2D eigenvalue weighted by Crippen LogP contribution is -2.37. The lowest BCUT2D eigenvalue weighted by atomic mass is 9.93. The van der Waals surface area contributed by atoms with E-state index in [0.717, 1.165) is 52.7 Å². The van der Waals surface area contributed by atoms with Gasteiger partial charge in [0.1, 0.15) is 5.82 Å². The Hall–Kier alpha value is -3.55. The Bertz CT molecular complexity index is 1140. The fourth-order valence-corrected chi connectivity index (χ4v) is 4.14. The van der Waals surface area contributed by atoms with Gasteiger partial charge in [-0.15, -0.1) is 0 Å². The normalized spacial score (nSPS) is 14.8. The predicted molar refractivity (Wildman–Crippen MR) is 125 cm³/mol. The first-order chi connectivity index (χ1) is 15.4. The molecule has 32 heavy (non-hydrogen) atoms. The average Bonchev–Trinajstić information content (AvgIpc) is 3.05. The van der Waals surface area contributed by atoms with Crippen molar-refractivity contribution in [3.8, 4) is 0 Å². The molecule has 8 nitrogen and oxygen atoms in total. The first-order valence-corrected chi connectivity index (χ1v) is 10.9. The largest absolute Gasteiger partial charge is 0.339 e. The molecule has 1 N–H and O–H groups in total. The molecule has 4 rings (SSSR count). The van der Waals surface area contributed by atoms with Gasteiger partial charge in [-0.1, -0.05) is 6.07 Å². The Kier molecular flexibility index (Phi) is 6.30. The second kappa shape index (κ2) is 9.30.